The molecule has 1 fully saturated rings. The van der Waals surface area contributed by atoms with Crippen LogP contribution >= 0.6 is 12.2 Å². The van der Waals surface area contributed by atoms with Gasteiger partial charge < -0.3 is 10.8 Å². The molecule has 1 aromatic rings. The van der Waals surface area contributed by atoms with Crippen LogP contribution in [0.2, 0.25) is 0 Å². The van der Waals surface area contributed by atoms with Crippen molar-refractivity contribution in [3.8, 4) is 0 Å². The highest BCUT2D eigenvalue weighted by Gasteiger charge is 2.34. The molecule has 0 spiro atoms. The first-order valence-electron chi connectivity index (χ1n) is 6.32. The summed E-state index contributed by atoms with van der Waals surface area (Å²) in [5.74, 6) is 0.194. The van der Waals surface area contributed by atoms with Crippen molar-refractivity contribution in [2.45, 2.75) is 17.7 Å². The van der Waals surface area contributed by atoms with Crippen LogP contribution in [0.3, 0.4) is 0 Å². The second kappa shape index (κ2) is 6.13. The molecule has 2 rings (SSSR count). The second-order valence-electron chi connectivity index (χ2n) is 4.74. The summed E-state index contributed by atoms with van der Waals surface area (Å²) in [5.41, 5.74) is 5.67. The minimum absolute atomic E-state index is 0.0321. The lowest BCUT2D eigenvalue weighted by molar-refractivity contribution is 0.259. The van der Waals surface area contributed by atoms with Crippen molar-refractivity contribution in [2.24, 2.45) is 11.7 Å². The number of hydrogen-bond donors (Lipinski definition) is 2. The van der Waals surface area contributed by atoms with Gasteiger partial charge in [0.05, 0.1) is 0 Å². The molecule has 1 unspecified atom stereocenters. The molecule has 1 saturated heterocycles. The van der Waals surface area contributed by atoms with Gasteiger partial charge in [-0.15, -0.1) is 0 Å². The Balaban J connectivity index is 2.30. The maximum Gasteiger partial charge on any atom is 0.245 e. The number of pyridine rings is 1. The first-order chi connectivity index (χ1) is 9.46. The number of aromatic nitrogens is 1. The van der Waals surface area contributed by atoms with Gasteiger partial charge in [0.1, 0.15) is 15.6 Å². The van der Waals surface area contributed by atoms with E-state index in [0.717, 1.165) is 6.42 Å². The maximum atomic E-state index is 12.6. The molecule has 8 heteroatoms. The highest BCUT2D eigenvalue weighted by Crippen LogP contribution is 2.27. The Bertz CT molecular complexity index is 604. The predicted molar refractivity (Wildman–Crippen MR) is 78.7 cm³/mol. The van der Waals surface area contributed by atoms with E-state index in [0.29, 0.717) is 19.5 Å². The number of nitrogens with zero attached hydrogens (tertiary/aromatic N) is 2. The molecule has 0 aromatic carbocycles. The monoisotopic (exact) mass is 315 g/mol. The van der Waals surface area contributed by atoms with Crippen LogP contribution in [-0.4, -0.2) is 47.5 Å². The Morgan fingerprint density at radius 3 is 3.00 bits per heavy atom. The summed E-state index contributed by atoms with van der Waals surface area (Å²) in [6.45, 7) is 0.927. The third-order valence-corrected chi connectivity index (χ3v) is 5.50. The smallest absolute Gasteiger partial charge is 0.245 e. The van der Waals surface area contributed by atoms with Crippen molar-refractivity contribution in [2.75, 3.05) is 19.7 Å². The third kappa shape index (κ3) is 2.98. The van der Waals surface area contributed by atoms with Gasteiger partial charge in [0.15, 0.2) is 0 Å². The number of rotatable bonds is 5. The van der Waals surface area contributed by atoms with Gasteiger partial charge in [0.2, 0.25) is 10.0 Å². The summed E-state index contributed by atoms with van der Waals surface area (Å²) in [4.78, 5) is 3.98. The van der Waals surface area contributed by atoms with E-state index in [1.807, 2.05) is 0 Å². The van der Waals surface area contributed by atoms with E-state index < -0.39 is 10.0 Å². The van der Waals surface area contributed by atoms with Gasteiger partial charge in [0, 0.05) is 25.9 Å². The molecule has 1 aliphatic heterocycles. The van der Waals surface area contributed by atoms with Crippen molar-refractivity contribution in [1.82, 2.24) is 9.29 Å². The number of hydrogen-bond acceptors (Lipinski definition) is 5. The summed E-state index contributed by atoms with van der Waals surface area (Å²) >= 11 is 4.86. The van der Waals surface area contributed by atoms with E-state index in [1.54, 1.807) is 6.07 Å². The molecule has 3 N–H and O–H groups in total. The zero-order chi connectivity index (χ0) is 14.8. The van der Waals surface area contributed by atoms with Crippen LogP contribution < -0.4 is 5.73 Å². The number of thiocarbonyl (C=S) groups is 1. The lowest BCUT2D eigenvalue weighted by atomic mass is 10.1. The molecular weight excluding hydrogens is 298 g/mol. The largest absolute Gasteiger partial charge is 0.396 e. The zero-order valence-corrected chi connectivity index (χ0v) is 12.5. The van der Waals surface area contributed by atoms with Crippen molar-refractivity contribution in [3.05, 3.63) is 24.0 Å². The molecule has 0 saturated carbocycles. The van der Waals surface area contributed by atoms with Crippen molar-refractivity contribution in [3.63, 3.8) is 0 Å². The number of aliphatic hydroxyl groups excluding tert-OH is 1. The highest BCUT2D eigenvalue weighted by molar-refractivity contribution is 7.89. The first kappa shape index (κ1) is 15.3. The normalized spacial score (nSPS) is 20.1. The number of sulfonamides is 1. The van der Waals surface area contributed by atoms with E-state index in [2.05, 4.69) is 4.98 Å². The zero-order valence-electron chi connectivity index (χ0n) is 10.9. The summed E-state index contributed by atoms with van der Waals surface area (Å²) in [5, 5.41) is 8.94. The van der Waals surface area contributed by atoms with Gasteiger partial charge in [0.25, 0.3) is 0 Å². The van der Waals surface area contributed by atoms with Gasteiger partial charge in [-0.2, -0.15) is 4.31 Å². The van der Waals surface area contributed by atoms with Gasteiger partial charge in [-0.1, -0.05) is 12.2 Å². The van der Waals surface area contributed by atoms with Crippen LogP contribution in [0.25, 0.3) is 0 Å². The van der Waals surface area contributed by atoms with Crippen LogP contribution in [0, 0.1) is 5.92 Å². The fraction of sp³-hybridized carbons (Fsp3) is 0.500. The molecule has 0 aliphatic carbocycles. The van der Waals surface area contributed by atoms with Gasteiger partial charge in [-0.05, 0) is 30.9 Å². The standard InChI is InChI=1S/C12H17N3O3S2/c13-12(19)11-10(2-1-5-14-11)20(17,18)15-6-3-9(8-15)4-7-16/h1-2,5,9,16H,3-4,6-8H2,(H2,13,19). The van der Waals surface area contributed by atoms with E-state index in [-0.39, 0.29) is 28.1 Å². The lowest BCUT2D eigenvalue weighted by Gasteiger charge is -2.18. The number of aliphatic hydroxyl groups is 1. The van der Waals surface area contributed by atoms with Crippen molar-refractivity contribution < 1.29 is 13.5 Å². The van der Waals surface area contributed by atoms with Crippen molar-refractivity contribution >= 4 is 27.2 Å². The molecule has 1 aromatic heterocycles. The molecule has 1 atom stereocenters. The predicted octanol–water partition coefficient (Wildman–Crippen LogP) is 0.109. The minimum Gasteiger partial charge on any atom is -0.396 e. The molecule has 20 heavy (non-hydrogen) atoms. The van der Waals surface area contributed by atoms with Crippen LogP contribution in [-0.2, 0) is 10.0 Å². The SMILES string of the molecule is NC(=S)c1ncccc1S(=O)(=O)N1CCC(CCO)C1. The van der Waals surface area contributed by atoms with Gasteiger partial charge in [-0.3, -0.25) is 4.98 Å². The van der Waals surface area contributed by atoms with E-state index in [1.165, 1.54) is 16.6 Å². The Kier molecular flexibility index (Phi) is 4.69. The van der Waals surface area contributed by atoms with Gasteiger partial charge in [-0.25, -0.2) is 8.42 Å². The average Bonchev–Trinajstić information content (AvgIpc) is 2.88. The average molecular weight is 315 g/mol. The topological polar surface area (TPSA) is 96.5 Å². The molecule has 0 amide bonds. The molecule has 110 valence electrons. The van der Waals surface area contributed by atoms with Crippen LogP contribution in [0.1, 0.15) is 18.5 Å². The molecular formula is C12H17N3O3S2. The molecule has 6 nitrogen and oxygen atoms in total. The number of nitrogens with two attached hydrogens (primary N) is 1. The Labute approximate surface area is 123 Å². The van der Waals surface area contributed by atoms with Crippen LogP contribution in [0.15, 0.2) is 23.2 Å². The van der Waals surface area contributed by atoms with Crippen molar-refractivity contribution in [1.29, 1.82) is 0 Å². The van der Waals surface area contributed by atoms with Crippen LogP contribution in [0.5, 0.6) is 0 Å². The Morgan fingerprint density at radius 1 is 1.60 bits per heavy atom. The maximum absolute atomic E-state index is 12.6. The first-order valence-corrected chi connectivity index (χ1v) is 8.17. The Morgan fingerprint density at radius 2 is 2.35 bits per heavy atom. The summed E-state index contributed by atoms with van der Waals surface area (Å²) < 4.78 is 26.6. The summed E-state index contributed by atoms with van der Waals surface area (Å²) in [6.07, 6.45) is 2.83. The molecule has 0 bridgehead atoms. The molecule has 0 radical (unpaired) electrons. The van der Waals surface area contributed by atoms with Gasteiger partial charge >= 0.3 is 0 Å². The summed E-state index contributed by atoms with van der Waals surface area (Å²) in [7, 11) is -3.64. The molecule has 2 heterocycles. The Hall–Kier alpha value is -1.09. The lowest BCUT2D eigenvalue weighted by Crippen LogP contribution is -2.31. The minimum atomic E-state index is -3.64. The quantitative estimate of drug-likeness (QED) is 0.749. The van der Waals surface area contributed by atoms with E-state index >= 15 is 0 Å². The third-order valence-electron chi connectivity index (χ3n) is 3.41. The van der Waals surface area contributed by atoms with E-state index in [9.17, 15) is 8.42 Å². The highest BCUT2D eigenvalue weighted by atomic mass is 32.2. The summed E-state index contributed by atoms with van der Waals surface area (Å²) in [6, 6.07) is 3.02. The second-order valence-corrected chi connectivity index (χ2v) is 7.09. The van der Waals surface area contributed by atoms with Crippen LogP contribution in [0.4, 0.5) is 0 Å². The fourth-order valence-corrected chi connectivity index (χ4v) is 4.27. The molecule has 1 aliphatic rings. The fourth-order valence-electron chi connectivity index (χ4n) is 2.36. The van der Waals surface area contributed by atoms with E-state index in [4.69, 9.17) is 23.1 Å².